The molecule has 1 atom stereocenters. The SMILES string of the molecule is CCCN1C(=O)C(=O)/C(=C(/O)c2cc(C)c(OC)cc2C)C1c1cccc2ccccc12. The van der Waals surface area contributed by atoms with Gasteiger partial charge in [-0.25, -0.2) is 0 Å². The number of hydrogen-bond acceptors (Lipinski definition) is 4. The van der Waals surface area contributed by atoms with E-state index in [-0.39, 0.29) is 11.3 Å². The number of carbonyl (C=O) groups excluding carboxylic acids is 2. The Morgan fingerprint density at radius 3 is 2.47 bits per heavy atom. The molecule has 1 amide bonds. The van der Waals surface area contributed by atoms with Crippen LogP contribution >= 0.6 is 0 Å². The Balaban J connectivity index is 2.00. The summed E-state index contributed by atoms with van der Waals surface area (Å²) in [4.78, 5) is 27.8. The number of hydrogen-bond donors (Lipinski definition) is 1. The maximum absolute atomic E-state index is 13.2. The minimum Gasteiger partial charge on any atom is -0.507 e. The molecule has 4 rings (SSSR count). The maximum Gasteiger partial charge on any atom is 0.295 e. The number of methoxy groups -OCH3 is 1. The van der Waals surface area contributed by atoms with Crippen LogP contribution in [0.15, 0.2) is 60.2 Å². The number of rotatable bonds is 5. The fourth-order valence-electron chi connectivity index (χ4n) is 4.57. The summed E-state index contributed by atoms with van der Waals surface area (Å²) in [7, 11) is 1.60. The molecule has 0 saturated carbocycles. The highest BCUT2D eigenvalue weighted by molar-refractivity contribution is 6.46. The number of aliphatic hydroxyl groups excluding tert-OH is 1. The number of fused-ring (bicyclic) bond motifs is 1. The van der Waals surface area contributed by atoms with Gasteiger partial charge < -0.3 is 14.7 Å². The van der Waals surface area contributed by atoms with Gasteiger partial charge >= 0.3 is 0 Å². The van der Waals surface area contributed by atoms with Crippen LogP contribution in [0.4, 0.5) is 0 Å². The van der Waals surface area contributed by atoms with Crippen LogP contribution in [0.5, 0.6) is 5.75 Å². The van der Waals surface area contributed by atoms with Crippen molar-refractivity contribution in [1.82, 2.24) is 4.90 Å². The zero-order valence-electron chi connectivity index (χ0n) is 18.8. The van der Waals surface area contributed by atoms with Crippen molar-refractivity contribution in [2.24, 2.45) is 0 Å². The summed E-state index contributed by atoms with van der Waals surface area (Å²) in [5.74, 6) is -0.671. The van der Waals surface area contributed by atoms with Gasteiger partial charge in [0.15, 0.2) is 0 Å². The van der Waals surface area contributed by atoms with Crippen molar-refractivity contribution >= 4 is 28.2 Å². The Kier molecular flexibility index (Phi) is 5.74. The molecular formula is C27H27NO4. The zero-order valence-corrected chi connectivity index (χ0v) is 18.8. The second kappa shape index (κ2) is 8.50. The van der Waals surface area contributed by atoms with Crippen molar-refractivity contribution in [3.63, 3.8) is 0 Å². The Hall–Kier alpha value is -3.60. The number of ketones is 1. The average molecular weight is 430 g/mol. The van der Waals surface area contributed by atoms with Crippen molar-refractivity contribution in [3.05, 3.63) is 82.4 Å². The Labute approximate surface area is 187 Å². The number of benzene rings is 3. The van der Waals surface area contributed by atoms with E-state index in [0.717, 1.165) is 27.5 Å². The zero-order chi connectivity index (χ0) is 23.0. The molecular weight excluding hydrogens is 402 g/mol. The molecule has 1 aliphatic rings. The molecule has 164 valence electrons. The highest BCUT2D eigenvalue weighted by Crippen LogP contribution is 2.42. The Bertz CT molecular complexity index is 1250. The first-order valence-corrected chi connectivity index (χ1v) is 10.8. The number of ether oxygens (including phenoxy) is 1. The Morgan fingerprint density at radius 2 is 1.75 bits per heavy atom. The summed E-state index contributed by atoms with van der Waals surface area (Å²) in [5.41, 5.74) is 3.10. The van der Waals surface area contributed by atoms with Crippen LogP contribution in [0, 0.1) is 13.8 Å². The van der Waals surface area contributed by atoms with Crippen molar-refractivity contribution in [1.29, 1.82) is 0 Å². The molecule has 1 unspecified atom stereocenters. The standard InChI is InChI=1S/C27H27NO4/c1-5-13-28-24(20-12-8-10-18-9-6-7-11-19(18)20)23(26(30)27(28)31)25(29)21-14-17(3)22(32-4)15-16(21)2/h6-12,14-15,24,29H,5,13H2,1-4H3/b25-23+. The van der Waals surface area contributed by atoms with Crippen LogP contribution in [-0.4, -0.2) is 35.4 Å². The molecule has 0 aliphatic carbocycles. The fraction of sp³-hybridized carbons (Fsp3) is 0.259. The van der Waals surface area contributed by atoms with Gasteiger partial charge in [-0.3, -0.25) is 9.59 Å². The number of amides is 1. The topological polar surface area (TPSA) is 66.8 Å². The molecule has 1 aliphatic heterocycles. The molecule has 32 heavy (non-hydrogen) atoms. The molecule has 1 fully saturated rings. The summed E-state index contributed by atoms with van der Waals surface area (Å²) in [6, 6.07) is 16.7. The van der Waals surface area contributed by atoms with Gasteiger partial charge in [0.2, 0.25) is 0 Å². The second-order valence-corrected chi connectivity index (χ2v) is 8.20. The summed E-state index contributed by atoms with van der Waals surface area (Å²) in [5, 5.41) is 13.4. The van der Waals surface area contributed by atoms with E-state index < -0.39 is 17.7 Å². The van der Waals surface area contributed by atoms with E-state index in [2.05, 4.69) is 0 Å². The van der Waals surface area contributed by atoms with Crippen molar-refractivity contribution in [3.8, 4) is 5.75 Å². The van der Waals surface area contributed by atoms with Gasteiger partial charge in [0, 0.05) is 12.1 Å². The van der Waals surface area contributed by atoms with Gasteiger partial charge in [-0.15, -0.1) is 0 Å². The van der Waals surface area contributed by atoms with Crippen LogP contribution in [0.1, 0.15) is 41.6 Å². The van der Waals surface area contributed by atoms with Crippen LogP contribution in [0.25, 0.3) is 16.5 Å². The number of Topliss-reactive ketones (excluding diaryl/α,β-unsaturated/α-hetero) is 1. The number of aliphatic hydroxyl groups is 1. The van der Waals surface area contributed by atoms with Crippen LogP contribution in [0.2, 0.25) is 0 Å². The molecule has 0 spiro atoms. The summed E-state index contributed by atoms with van der Waals surface area (Å²) >= 11 is 0. The number of nitrogens with zero attached hydrogens (tertiary/aromatic N) is 1. The number of aryl methyl sites for hydroxylation is 2. The second-order valence-electron chi connectivity index (χ2n) is 8.20. The Morgan fingerprint density at radius 1 is 1.03 bits per heavy atom. The lowest BCUT2D eigenvalue weighted by atomic mass is 9.90. The summed E-state index contributed by atoms with van der Waals surface area (Å²) in [6.45, 7) is 6.13. The lowest BCUT2D eigenvalue weighted by molar-refractivity contribution is -0.139. The van der Waals surface area contributed by atoms with Gasteiger partial charge in [0.1, 0.15) is 11.5 Å². The van der Waals surface area contributed by atoms with Gasteiger partial charge in [0.05, 0.1) is 18.7 Å². The van der Waals surface area contributed by atoms with E-state index in [1.165, 1.54) is 0 Å². The number of carbonyl (C=O) groups is 2. The summed E-state index contributed by atoms with van der Waals surface area (Å²) in [6.07, 6.45) is 0.703. The first-order valence-electron chi connectivity index (χ1n) is 10.8. The highest BCUT2D eigenvalue weighted by Gasteiger charge is 2.46. The lowest BCUT2D eigenvalue weighted by Gasteiger charge is -2.26. The maximum atomic E-state index is 13.2. The molecule has 5 heteroatoms. The van der Waals surface area contributed by atoms with Gasteiger partial charge in [-0.05, 0) is 59.9 Å². The third-order valence-electron chi connectivity index (χ3n) is 6.12. The largest absolute Gasteiger partial charge is 0.507 e. The molecule has 1 saturated heterocycles. The van der Waals surface area contributed by atoms with E-state index in [0.29, 0.717) is 24.3 Å². The summed E-state index contributed by atoms with van der Waals surface area (Å²) < 4.78 is 5.38. The molecule has 1 N–H and O–H groups in total. The lowest BCUT2D eigenvalue weighted by Crippen LogP contribution is -2.30. The molecule has 3 aromatic carbocycles. The predicted molar refractivity (Wildman–Crippen MR) is 126 cm³/mol. The molecule has 0 aromatic heterocycles. The van der Waals surface area contributed by atoms with Crippen molar-refractivity contribution in [2.75, 3.05) is 13.7 Å². The van der Waals surface area contributed by atoms with E-state index in [1.54, 1.807) is 18.1 Å². The smallest absolute Gasteiger partial charge is 0.295 e. The van der Waals surface area contributed by atoms with Crippen molar-refractivity contribution in [2.45, 2.75) is 33.2 Å². The van der Waals surface area contributed by atoms with Gasteiger partial charge in [0.25, 0.3) is 11.7 Å². The third kappa shape index (κ3) is 3.44. The van der Waals surface area contributed by atoms with Crippen LogP contribution in [0.3, 0.4) is 0 Å². The van der Waals surface area contributed by atoms with E-state index in [1.807, 2.05) is 69.3 Å². The molecule has 1 heterocycles. The molecule has 5 nitrogen and oxygen atoms in total. The van der Waals surface area contributed by atoms with Gasteiger partial charge in [-0.2, -0.15) is 0 Å². The molecule has 0 radical (unpaired) electrons. The quantitative estimate of drug-likeness (QED) is 0.340. The fourth-order valence-corrected chi connectivity index (χ4v) is 4.57. The normalized spacial score (nSPS) is 17.9. The van der Waals surface area contributed by atoms with Crippen LogP contribution in [-0.2, 0) is 9.59 Å². The minimum absolute atomic E-state index is 0.132. The third-order valence-corrected chi connectivity index (χ3v) is 6.12. The highest BCUT2D eigenvalue weighted by atomic mass is 16.5. The van der Waals surface area contributed by atoms with E-state index in [4.69, 9.17) is 4.74 Å². The predicted octanol–water partition coefficient (Wildman–Crippen LogP) is 5.30. The first-order chi connectivity index (χ1) is 15.4. The number of likely N-dealkylation sites (tertiary alicyclic amines) is 1. The molecule has 0 bridgehead atoms. The molecule has 3 aromatic rings. The van der Waals surface area contributed by atoms with E-state index >= 15 is 0 Å². The first kappa shape index (κ1) is 21.6. The van der Waals surface area contributed by atoms with E-state index in [9.17, 15) is 14.7 Å². The van der Waals surface area contributed by atoms with Crippen LogP contribution < -0.4 is 4.74 Å². The van der Waals surface area contributed by atoms with Crippen molar-refractivity contribution < 1.29 is 19.4 Å². The minimum atomic E-state index is -0.651. The average Bonchev–Trinajstić information content (AvgIpc) is 3.04. The van der Waals surface area contributed by atoms with Gasteiger partial charge in [-0.1, -0.05) is 49.4 Å². The monoisotopic (exact) mass is 429 g/mol.